The van der Waals surface area contributed by atoms with Gasteiger partial charge in [-0.15, -0.1) is 11.3 Å². The Kier molecular flexibility index (Phi) is 7.30. The lowest BCUT2D eigenvalue weighted by Gasteiger charge is -2.31. The topological polar surface area (TPSA) is 69.7 Å². The van der Waals surface area contributed by atoms with E-state index >= 15 is 0 Å². The Labute approximate surface area is 167 Å². The molecule has 2 fully saturated rings. The SMILES string of the molecule is CC1CCN(CCCNC(=O)C2CCCN(S(=O)(=O)c3cccs3)C2)CC1. The predicted molar refractivity (Wildman–Crippen MR) is 108 cm³/mol. The summed E-state index contributed by atoms with van der Waals surface area (Å²) in [5.41, 5.74) is 0. The Morgan fingerprint density at radius 3 is 2.74 bits per heavy atom. The highest BCUT2D eigenvalue weighted by atomic mass is 32.2. The number of piperidine rings is 2. The van der Waals surface area contributed by atoms with Crippen LogP contribution in [0.4, 0.5) is 0 Å². The largest absolute Gasteiger partial charge is 0.356 e. The van der Waals surface area contributed by atoms with Crippen LogP contribution in [0.25, 0.3) is 0 Å². The van der Waals surface area contributed by atoms with E-state index in [0.717, 1.165) is 44.8 Å². The number of amides is 1. The van der Waals surface area contributed by atoms with E-state index in [4.69, 9.17) is 0 Å². The molecule has 1 aromatic rings. The highest BCUT2D eigenvalue weighted by Crippen LogP contribution is 2.26. The molecule has 0 aromatic carbocycles. The van der Waals surface area contributed by atoms with Crippen LogP contribution < -0.4 is 5.32 Å². The average molecular weight is 414 g/mol. The maximum Gasteiger partial charge on any atom is 0.252 e. The van der Waals surface area contributed by atoms with Crippen molar-refractivity contribution in [2.75, 3.05) is 39.3 Å². The van der Waals surface area contributed by atoms with Crippen molar-refractivity contribution in [2.45, 2.75) is 43.2 Å². The molecular formula is C19H31N3O3S2. The van der Waals surface area contributed by atoms with Gasteiger partial charge >= 0.3 is 0 Å². The minimum atomic E-state index is -3.46. The van der Waals surface area contributed by atoms with Crippen molar-refractivity contribution in [2.24, 2.45) is 11.8 Å². The molecule has 2 saturated heterocycles. The van der Waals surface area contributed by atoms with Crippen LogP contribution in [0.1, 0.15) is 39.0 Å². The van der Waals surface area contributed by atoms with Crippen molar-refractivity contribution in [3.8, 4) is 0 Å². The van der Waals surface area contributed by atoms with Crippen LogP contribution in [0.2, 0.25) is 0 Å². The Bertz CT molecular complexity index is 698. The molecule has 3 rings (SSSR count). The van der Waals surface area contributed by atoms with E-state index < -0.39 is 10.0 Å². The van der Waals surface area contributed by atoms with E-state index in [-0.39, 0.29) is 18.4 Å². The van der Waals surface area contributed by atoms with Gasteiger partial charge in [-0.25, -0.2) is 8.42 Å². The summed E-state index contributed by atoms with van der Waals surface area (Å²) in [6.45, 7) is 7.10. The molecule has 1 atom stereocenters. The van der Waals surface area contributed by atoms with Gasteiger partial charge in [0.15, 0.2) is 0 Å². The van der Waals surface area contributed by atoms with Gasteiger partial charge in [0.05, 0.1) is 5.92 Å². The first-order valence-corrected chi connectivity index (χ1v) is 12.3. The van der Waals surface area contributed by atoms with Crippen LogP contribution in [0.3, 0.4) is 0 Å². The summed E-state index contributed by atoms with van der Waals surface area (Å²) in [4.78, 5) is 15.0. The molecule has 0 spiro atoms. The van der Waals surface area contributed by atoms with Gasteiger partial charge in [0.25, 0.3) is 10.0 Å². The van der Waals surface area contributed by atoms with E-state index in [2.05, 4.69) is 17.1 Å². The van der Waals surface area contributed by atoms with Gasteiger partial charge in [-0.2, -0.15) is 4.31 Å². The fourth-order valence-electron chi connectivity index (χ4n) is 3.86. The van der Waals surface area contributed by atoms with Crippen LogP contribution in [-0.4, -0.2) is 62.8 Å². The second-order valence-corrected chi connectivity index (χ2v) is 10.9. The number of thiophene rings is 1. The Hall–Kier alpha value is -0.960. The summed E-state index contributed by atoms with van der Waals surface area (Å²) < 4.78 is 27.2. The lowest BCUT2D eigenvalue weighted by molar-refractivity contribution is -0.126. The number of carbonyl (C=O) groups is 1. The Balaban J connectivity index is 1.42. The quantitative estimate of drug-likeness (QED) is 0.697. The number of hydrogen-bond acceptors (Lipinski definition) is 5. The zero-order valence-electron chi connectivity index (χ0n) is 16.1. The van der Waals surface area contributed by atoms with Gasteiger partial charge in [-0.1, -0.05) is 13.0 Å². The maximum atomic E-state index is 12.7. The molecule has 1 unspecified atom stereocenters. The normalized spacial score (nSPS) is 23.4. The average Bonchev–Trinajstić information content (AvgIpc) is 3.22. The lowest BCUT2D eigenvalue weighted by atomic mass is 9.98. The first-order chi connectivity index (χ1) is 13.0. The lowest BCUT2D eigenvalue weighted by Crippen LogP contribution is -2.45. The van der Waals surface area contributed by atoms with E-state index in [9.17, 15) is 13.2 Å². The van der Waals surface area contributed by atoms with Crippen LogP contribution in [0, 0.1) is 11.8 Å². The summed E-state index contributed by atoms with van der Waals surface area (Å²) in [6, 6.07) is 3.37. The molecule has 0 radical (unpaired) electrons. The summed E-state index contributed by atoms with van der Waals surface area (Å²) in [7, 11) is -3.46. The molecule has 1 amide bonds. The summed E-state index contributed by atoms with van der Waals surface area (Å²) in [5, 5.41) is 4.79. The zero-order valence-corrected chi connectivity index (χ0v) is 17.7. The molecule has 27 heavy (non-hydrogen) atoms. The summed E-state index contributed by atoms with van der Waals surface area (Å²) in [5.74, 6) is 0.582. The van der Waals surface area contributed by atoms with Gasteiger partial charge in [-0.05, 0) is 69.1 Å². The van der Waals surface area contributed by atoms with Crippen molar-refractivity contribution in [3.63, 3.8) is 0 Å². The maximum absolute atomic E-state index is 12.7. The Morgan fingerprint density at radius 2 is 2.04 bits per heavy atom. The van der Waals surface area contributed by atoms with Crippen molar-refractivity contribution < 1.29 is 13.2 Å². The number of rotatable bonds is 7. The van der Waals surface area contributed by atoms with E-state index in [1.807, 2.05) is 0 Å². The highest BCUT2D eigenvalue weighted by molar-refractivity contribution is 7.91. The third-order valence-electron chi connectivity index (χ3n) is 5.67. The second kappa shape index (κ2) is 9.49. The zero-order chi connectivity index (χ0) is 19.3. The Morgan fingerprint density at radius 1 is 1.26 bits per heavy atom. The first kappa shape index (κ1) is 20.8. The highest BCUT2D eigenvalue weighted by Gasteiger charge is 2.33. The van der Waals surface area contributed by atoms with Gasteiger partial charge in [0, 0.05) is 19.6 Å². The van der Waals surface area contributed by atoms with E-state index in [1.165, 1.54) is 28.5 Å². The van der Waals surface area contributed by atoms with E-state index in [0.29, 0.717) is 17.3 Å². The molecule has 8 heteroatoms. The summed E-state index contributed by atoms with van der Waals surface area (Å²) >= 11 is 1.23. The van der Waals surface area contributed by atoms with Crippen LogP contribution in [0.5, 0.6) is 0 Å². The second-order valence-electron chi connectivity index (χ2n) is 7.80. The minimum absolute atomic E-state index is 0.00616. The fourth-order valence-corrected chi connectivity index (χ4v) is 6.52. The molecule has 1 N–H and O–H groups in total. The molecule has 0 bridgehead atoms. The first-order valence-electron chi connectivity index (χ1n) is 10.0. The smallest absolute Gasteiger partial charge is 0.252 e. The monoisotopic (exact) mass is 413 g/mol. The molecule has 152 valence electrons. The van der Waals surface area contributed by atoms with Gasteiger partial charge in [0.1, 0.15) is 4.21 Å². The van der Waals surface area contributed by atoms with Crippen molar-refractivity contribution in [1.29, 1.82) is 0 Å². The number of hydrogen-bond donors (Lipinski definition) is 1. The molecule has 2 aliphatic rings. The molecular weight excluding hydrogens is 382 g/mol. The number of carbonyl (C=O) groups excluding carboxylic acids is 1. The number of sulfonamides is 1. The molecule has 0 saturated carbocycles. The van der Waals surface area contributed by atoms with Crippen molar-refractivity contribution in [1.82, 2.24) is 14.5 Å². The van der Waals surface area contributed by atoms with Crippen LogP contribution in [-0.2, 0) is 14.8 Å². The van der Waals surface area contributed by atoms with Crippen LogP contribution >= 0.6 is 11.3 Å². The van der Waals surface area contributed by atoms with E-state index in [1.54, 1.807) is 17.5 Å². The predicted octanol–water partition coefficient (Wildman–Crippen LogP) is 2.39. The molecule has 1 aromatic heterocycles. The standard InChI is InChI=1S/C19H31N3O3S2/c1-16-7-12-21(13-8-16)10-4-9-20-19(23)17-5-2-11-22(15-17)27(24,25)18-6-3-14-26-18/h3,6,14,16-17H,2,4-5,7-13,15H2,1H3,(H,20,23). The third-order valence-corrected chi connectivity index (χ3v) is 8.91. The van der Waals surface area contributed by atoms with Crippen molar-refractivity contribution >= 4 is 27.3 Å². The van der Waals surface area contributed by atoms with Crippen LogP contribution in [0.15, 0.2) is 21.7 Å². The number of nitrogens with zero attached hydrogens (tertiary/aromatic N) is 2. The van der Waals surface area contributed by atoms with Gasteiger partial charge in [0.2, 0.25) is 5.91 Å². The van der Waals surface area contributed by atoms with Gasteiger partial charge in [-0.3, -0.25) is 4.79 Å². The molecule has 0 aliphatic carbocycles. The van der Waals surface area contributed by atoms with Gasteiger partial charge < -0.3 is 10.2 Å². The number of likely N-dealkylation sites (tertiary alicyclic amines) is 1. The number of nitrogens with one attached hydrogen (secondary N) is 1. The minimum Gasteiger partial charge on any atom is -0.356 e. The fraction of sp³-hybridized carbons (Fsp3) is 0.737. The van der Waals surface area contributed by atoms with Crippen molar-refractivity contribution in [3.05, 3.63) is 17.5 Å². The molecule has 3 heterocycles. The molecule has 2 aliphatic heterocycles. The third kappa shape index (κ3) is 5.53. The molecule has 6 nitrogen and oxygen atoms in total. The summed E-state index contributed by atoms with van der Waals surface area (Å²) in [6.07, 6.45) is 4.97.